The Labute approximate surface area is 89.1 Å². The number of hydrogen-bond donors (Lipinski definition) is 0. The van der Waals surface area contributed by atoms with Crippen molar-refractivity contribution in [2.45, 2.75) is 0 Å². The van der Waals surface area contributed by atoms with Gasteiger partial charge in [0.2, 0.25) is 0 Å². The maximum atomic E-state index is 0. The summed E-state index contributed by atoms with van der Waals surface area (Å²) in [5.41, 5.74) is 0. The molecule has 0 nitrogen and oxygen atoms in total. The molecule has 0 aliphatic carbocycles. The molecule has 0 aromatic carbocycles. The van der Waals surface area contributed by atoms with E-state index in [0.29, 0.717) is 0 Å². The second-order valence-electron chi connectivity index (χ2n) is 0. The van der Waals surface area contributed by atoms with Gasteiger partial charge in [0.1, 0.15) is 0 Å². The summed E-state index contributed by atoms with van der Waals surface area (Å²) in [6.07, 6.45) is 0. The van der Waals surface area contributed by atoms with Crippen LogP contribution in [0.1, 0.15) is 2.85 Å². The summed E-state index contributed by atoms with van der Waals surface area (Å²) in [7, 11) is 0. The summed E-state index contributed by atoms with van der Waals surface area (Å²) in [6.45, 7) is 0. The van der Waals surface area contributed by atoms with Crippen molar-refractivity contribution in [2.75, 3.05) is 0 Å². The van der Waals surface area contributed by atoms with Crippen LogP contribution in [0.25, 0.3) is 0 Å². The molecule has 5 heavy (non-hydrogen) atoms. The number of rotatable bonds is 0. The molecule has 0 saturated carbocycles. The molecule has 0 aromatic heterocycles. The quantitative estimate of drug-likeness (QED) is 0.469. The Bertz CT molecular complexity index is 17.7. The van der Waals surface area contributed by atoms with Crippen LogP contribution in [-0.2, 0) is 59.8 Å². The van der Waals surface area contributed by atoms with Crippen LogP contribution in [0.4, 0.5) is 0 Å². The molecule has 35 valence electrons. The summed E-state index contributed by atoms with van der Waals surface area (Å²) < 4.78 is 0. The van der Waals surface area contributed by atoms with Gasteiger partial charge >= 0.3 is 10.1 Å². The van der Waals surface area contributed by atoms with Crippen LogP contribution in [0.5, 0.6) is 0 Å². The van der Waals surface area contributed by atoms with Crippen LogP contribution >= 0.6 is 0 Å². The Hall–Kier alpha value is 2.60. The third-order valence-corrected chi connectivity index (χ3v) is 0. The van der Waals surface area contributed by atoms with E-state index in [1.54, 1.807) is 0 Å². The molecule has 0 aliphatic heterocycles. The molecule has 0 rings (SSSR count). The minimum atomic E-state index is 0. The summed E-state index contributed by atoms with van der Waals surface area (Å²) in [4.78, 5) is 0. The van der Waals surface area contributed by atoms with Gasteiger partial charge < -0.3 is 2.85 Å². The molecule has 0 spiro atoms. The van der Waals surface area contributed by atoms with Crippen LogP contribution in [0.15, 0.2) is 0 Å². The van der Waals surface area contributed by atoms with Crippen LogP contribution in [0.2, 0.25) is 0 Å². The first-order valence-corrected chi connectivity index (χ1v) is 0. The van der Waals surface area contributed by atoms with Crippen LogP contribution in [0, 0.1) is 0 Å². The largest absolute Gasteiger partial charge is 2.00 e. The fourth-order valence-corrected chi connectivity index (χ4v) is 0. The topological polar surface area (TPSA) is 0 Å². The van der Waals surface area contributed by atoms with Gasteiger partial charge in [-0.05, 0) is 0 Å². The van der Waals surface area contributed by atoms with E-state index in [1.807, 2.05) is 0 Å². The monoisotopic (exact) mass is 252 g/mol. The summed E-state index contributed by atoms with van der Waals surface area (Å²) in [5.74, 6) is 0. The van der Waals surface area contributed by atoms with Gasteiger partial charge in [0.15, 0.2) is 17.4 Å². The van der Waals surface area contributed by atoms with Crippen molar-refractivity contribution in [2.24, 2.45) is 0 Å². The summed E-state index contributed by atoms with van der Waals surface area (Å²) >= 11 is 0. The number of hydrogen-bond acceptors (Lipinski definition) is 0. The average molecular weight is 254 g/mol. The van der Waals surface area contributed by atoms with Crippen LogP contribution in [0.3, 0.4) is 0 Å². The molecular weight excluding hydrogens is 249 g/mol. The maximum Gasteiger partial charge on any atom is 2.00 e. The van der Waals surface area contributed by atoms with Crippen LogP contribution < -0.4 is 0 Å². The van der Waals surface area contributed by atoms with E-state index in [4.69, 9.17) is 0 Å². The van der Waals surface area contributed by atoms with E-state index in [1.165, 1.54) is 0 Å². The Morgan fingerprint density at radius 3 is 1.20 bits per heavy atom. The molecule has 0 heterocycles. The van der Waals surface area contributed by atoms with Crippen molar-refractivity contribution in [1.82, 2.24) is 0 Å². The predicted molar refractivity (Wildman–Crippen MR) is 17.9 cm³/mol. The molecule has 0 unspecified atom stereocenters. The first-order valence-electron chi connectivity index (χ1n) is 0. The predicted octanol–water partition coefficient (Wildman–Crippen LogP) is -1.35. The minimum absolute atomic E-state index is 0. The molecule has 5 heteroatoms. The molecule has 0 fully saturated rings. The molecule has 0 bridgehead atoms. The zero-order valence-electron chi connectivity index (χ0n) is 3.82. The normalized spacial score (nSPS) is 0. The molecule has 0 amide bonds. The Morgan fingerprint density at radius 2 is 1.20 bits per heavy atom. The molecule has 0 aliphatic rings. The fourth-order valence-electron chi connectivity index (χ4n) is 0. The molecule has 0 N–H and O–H groups in total. The summed E-state index contributed by atoms with van der Waals surface area (Å²) in [5, 5.41) is 0. The molecule has 0 atom stereocenters. The Morgan fingerprint density at radius 1 is 1.20 bits per heavy atom. The third-order valence-electron chi connectivity index (χ3n) is 0. The van der Waals surface area contributed by atoms with Gasteiger partial charge in [-0.3, -0.25) is 0 Å². The van der Waals surface area contributed by atoms with Crippen molar-refractivity contribution in [3.8, 4) is 0 Å². The van der Waals surface area contributed by atoms with Gasteiger partial charge in [-0.15, -0.1) is 0 Å². The smallest absolute Gasteiger partial charge is 1.00 e. The van der Waals surface area contributed by atoms with Crippen molar-refractivity contribution in [3.63, 3.8) is 0 Å². The second kappa shape index (κ2) is 30.6. The molecule has 0 saturated heterocycles. The van der Waals surface area contributed by atoms with Gasteiger partial charge in [0.25, 0.3) is 0 Å². The first kappa shape index (κ1) is 49.0. The zero-order valence-corrected chi connectivity index (χ0v) is 6.21. The van der Waals surface area contributed by atoms with E-state index in [2.05, 4.69) is 0 Å². The van der Waals surface area contributed by atoms with Gasteiger partial charge in [0, 0.05) is 59.8 Å². The SMILES string of the molecule is [AlH3].[Be+2].[Cu].[H-].[H-].[Ni].[Zr]. The average Bonchev–Trinajstić information content (AvgIpc) is 0. The zero-order chi connectivity index (χ0) is 0. The van der Waals surface area contributed by atoms with Gasteiger partial charge in [-0.25, -0.2) is 0 Å². The van der Waals surface area contributed by atoms with Gasteiger partial charge in [-0.1, -0.05) is 0 Å². The third kappa shape index (κ3) is 20.7. The van der Waals surface area contributed by atoms with Crippen molar-refractivity contribution < 1.29 is 62.6 Å². The van der Waals surface area contributed by atoms with E-state index < -0.39 is 0 Å². The van der Waals surface area contributed by atoms with Gasteiger partial charge in [-0.2, -0.15) is 0 Å². The maximum absolute atomic E-state index is 0. The van der Waals surface area contributed by atoms with E-state index in [9.17, 15) is 0 Å². The minimum Gasteiger partial charge on any atom is -1.00 e. The van der Waals surface area contributed by atoms with E-state index >= 15 is 0 Å². The summed E-state index contributed by atoms with van der Waals surface area (Å²) in [6, 6.07) is 0. The van der Waals surface area contributed by atoms with E-state index in [0.717, 1.165) is 0 Å². The Kier molecular flexibility index (Phi) is 300. The second-order valence-corrected chi connectivity index (χ2v) is 0. The van der Waals surface area contributed by atoms with E-state index in [-0.39, 0.29) is 90.1 Å². The standard InChI is InChI=1S/Al.Be.Cu.Ni.Zr.5H/q;+2;;;;;;;2*-1. The Balaban J connectivity index is 0. The molecule has 0 aromatic rings. The van der Waals surface area contributed by atoms with Crippen molar-refractivity contribution in [3.05, 3.63) is 0 Å². The first-order chi connectivity index (χ1) is 0. The van der Waals surface area contributed by atoms with Crippen molar-refractivity contribution >= 4 is 27.5 Å². The van der Waals surface area contributed by atoms with Crippen molar-refractivity contribution in [1.29, 1.82) is 0 Å². The van der Waals surface area contributed by atoms with Gasteiger partial charge in [0.05, 0.1) is 0 Å². The molecular formula is H5AlBeCuNiZr. The fraction of sp³-hybridized carbons (Fsp3) is 0. The van der Waals surface area contributed by atoms with Crippen LogP contribution in [-0.4, -0.2) is 27.5 Å². The molecule has 1 radical (unpaired) electrons.